The summed E-state index contributed by atoms with van der Waals surface area (Å²) in [6, 6.07) is 15.1. The van der Waals surface area contributed by atoms with Crippen LogP contribution in [-0.2, 0) is 11.2 Å². The van der Waals surface area contributed by atoms with Gasteiger partial charge in [0.05, 0.1) is 6.04 Å². The van der Waals surface area contributed by atoms with E-state index in [1.165, 1.54) is 30.4 Å². The molecule has 0 radical (unpaired) electrons. The molecule has 4 heteroatoms. The number of rotatable bonds is 6. The summed E-state index contributed by atoms with van der Waals surface area (Å²) in [7, 11) is 0. The highest BCUT2D eigenvalue weighted by molar-refractivity contribution is 5.94. The number of phenolic OH excluding ortho intramolecular Hbond substituents is 1. The van der Waals surface area contributed by atoms with Crippen LogP contribution in [-0.4, -0.2) is 23.2 Å². The zero-order valence-electron chi connectivity index (χ0n) is 21.3. The Bertz CT molecular complexity index is 1090. The second-order valence-corrected chi connectivity index (χ2v) is 11.6. The maximum absolute atomic E-state index is 12.8. The summed E-state index contributed by atoms with van der Waals surface area (Å²) >= 11 is 0. The fourth-order valence-corrected chi connectivity index (χ4v) is 7.40. The molecule has 35 heavy (non-hydrogen) atoms. The van der Waals surface area contributed by atoms with Crippen LogP contribution in [0, 0.1) is 23.2 Å². The van der Waals surface area contributed by atoms with Gasteiger partial charge in [-0.15, -0.1) is 0 Å². The van der Waals surface area contributed by atoms with Gasteiger partial charge in [-0.2, -0.15) is 0 Å². The minimum Gasteiger partial charge on any atom is -0.508 e. The number of aryl methyl sites for hydroxylation is 1. The van der Waals surface area contributed by atoms with Gasteiger partial charge < -0.3 is 15.2 Å². The minimum absolute atomic E-state index is 0.0861. The molecule has 3 aliphatic carbocycles. The number of phenols is 1. The van der Waals surface area contributed by atoms with Gasteiger partial charge in [0.15, 0.2) is 0 Å². The molecule has 0 aliphatic heterocycles. The van der Waals surface area contributed by atoms with Gasteiger partial charge in [-0.25, -0.2) is 0 Å². The number of hydrogen-bond acceptors (Lipinski definition) is 3. The molecule has 0 bridgehead atoms. The molecular formula is C31H39NO3. The van der Waals surface area contributed by atoms with E-state index in [9.17, 15) is 9.90 Å². The first-order valence-corrected chi connectivity index (χ1v) is 13.3. The van der Waals surface area contributed by atoms with E-state index in [1.807, 2.05) is 42.5 Å². The molecular weight excluding hydrogens is 434 g/mol. The quantitative estimate of drug-likeness (QED) is 0.465. The second kappa shape index (κ2) is 9.37. The van der Waals surface area contributed by atoms with Crippen molar-refractivity contribution in [2.24, 2.45) is 23.2 Å². The van der Waals surface area contributed by atoms with Crippen LogP contribution >= 0.6 is 0 Å². The molecule has 2 fully saturated rings. The Morgan fingerprint density at radius 2 is 1.89 bits per heavy atom. The molecule has 6 atom stereocenters. The number of nitrogens with one attached hydrogen (secondary N) is 1. The Hall–Kier alpha value is -2.75. The summed E-state index contributed by atoms with van der Waals surface area (Å²) in [4.78, 5) is 12.8. The van der Waals surface area contributed by atoms with Crippen LogP contribution in [0.2, 0.25) is 0 Å². The molecule has 1 amide bonds. The summed E-state index contributed by atoms with van der Waals surface area (Å²) < 4.78 is 6.67. The fourth-order valence-electron chi connectivity index (χ4n) is 7.40. The van der Waals surface area contributed by atoms with Gasteiger partial charge in [0, 0.05) is 11.0 Å². The topological polar surface area (TPSA) is 58.6 Å². The predicted octanol–water partition coefficient (Wildman–Crippen LogP) is 6.60. The van der Waals surface area contributed by atoms with E-state index in [-0.39, 0.29) is 29.4 Å². The van der Waals surface area contributed by atoms with E-state index in [1.54, 1.807) is 0 Å². The largest absolute Gasteiger partial charge is 0.508 e. The van der Waals surface area contributed by atoms with Crippen molar-refractivity contribution in [1.82, 2.24) is 5.32 Å². The molecule has 2 N–H and O–H groups in total. The predicted molar refractivity (Wildman–Crippen MR) is 139 cm³/mol. The minimum atomic E-state index is -0.226. The lowest BCUT2D eigenvalue weighted by atomic mass is 9.55. The van der Waals surface area contributed by atoms with E-state index >= 15 is 0 Å². The maximum Gasteiger partial charge on any atom is 0.251 e. The van der Waals surface area contributed by atoms with E-state index in [0.29, 0.717) is 34.8 Å². The third kappa shape index (κ3) is 4.37. The number of hydrogen-bond donors (Lipinski definition) is 2. The number of carbonyl (C=O) groups is 1. The molecule has 2 aromatic carbocycles. The van der Waals surface area contributed by atoms with Crippen LogP contribution in [0.5, 0.6) is 5.75 Å². The second-order valence-electron chi connectivity index (χ2n) is 11.6. The van der Waals surface area contributed by atoms with E-state index in [4.69, 9.17) is 4.74 Å². The molecule has 2 aromatic rings. The fraction of sp³-hybridized carbons (Fsp3) is 0.516. The van der Waals surface area contributed by atoms with Crippen molar-refractivity contribution in [2.75, 3.05) is 0 Å². The SMILES string of the molecule is C=C(OC1CCC2C3CCc4cc(O)ccc4C3CCC12C)C(NC(=O)c1ccccc1)C(C)C. The van der Waals surface area contributed by atoms with Crippen LogP contribution in [0.1, 0.15) is 80.3 Å². The lowest BCUT2D eigenvalue weighted by Gasteiger charge is -2.50. The van der Waals surface area contributed by atoms with Gasteiger partial charge in [0.1, 0.15) is 17.6 Å². The number of carbonyl (C=O) groups excluding carboxylic acids is 1. The molecule has 6 unspecified atom stereocenters. The Morgan fingerprint density at radius 3 is 2.63 bits per heavy atom. The van der Waals surface area contributed by atoms with Gasteiger partial charge >= 0.3 is 0 Å². The molecule has 0 heterocycles. The highest BCUT2D eigenvalue weighted by Gasteiger charge is 2.56. The smallest absolute Gasteiger partial charge is 0.251 e. The number of fused-ring (bicyclic) bond motifs is 5. The summed E-state index contributed by atoms with van der Waals surface area (Å²) in [5.74, 6) is 3.06. The number of aromatic hydroxyl groups is 1. The molecule has 186 valence electrons. The first kappa shape index (κ1) is 24.0. The van der Waals surface area contributed by atoms with Gasteiger partial charge in [-0.3, -0.25) is 4.79 Å². The third-order valence-electron chi connectivity index (χ3n) is 9.25. The molecule has 0 spiro atoms. The number of amides is 1. The van der Waals surface area contributed by atoms with Crippen LogP contribution in [0.25, 0.3) is 0 Å². The molecule has 4 nitrogen and oxygen atoms in total. The first-order chi connectivity index (χ1) is 16.8. The van der Waals surface area contributed by atoms with E-state index in [0.717, 1.165) is 19.3 Å². The van der Waals surface area contributed by atoms with Crippen molar-refractivity contribution in [3.8, 4) is 5.75 Å². The standard InChI is InChI=1S/C31H39NO3/c1-19(2)29(32-30(34)21-8-6-5-7-9-21)20(3)35-28-15-14-27-26-12-10-22-18-23(33)11-13-24(22)25(26)16-17-31(27,28)4/h5-9,11,13,18-19,25-29,33H,3,10,12,14-17H2,1-2,4H3,(H,32,34). The molecule has 0 saturated heterocycles. The van der Waals surface area contributed by atoms with Crippen molar-refractivity contribution >= 4 is 5.91 Å². The zero-order chi connectivity index (χ0) is 24.7. The van der Waals surface area contributed by atoms with Crippen molar-refractivity contribution in [2.45, 2.75) is 77.4 Å². The van der Waals surface area contributed by atoms with Crippen molar-refractivity contribution in [1.29, 1.82) is 0 Å². The Kier molecular flexibility index (Phi) is 6.41. The molecule has 5 rings (SSSR count). The van der Waals surface area contributed by atoms with Gasteiger partial charge in [-0.1, -0.05) is 51.6 Å². The normalized spacial score (nSPS) is 30.1. The number of ether oxygens (including phenoxy) is 1. The number of benzene rings is 2. The van der Waals surface area contributed by atoms with E-state index < -0.39 is 0 Å². The van der Waals surface area contributed by atoms with Gasteiger partial charge in [-0.05, 0) is 97.6 Å². The van der Waals surface area contributed by atoms with E-state index in [2.05, 4.69) is 38.7 Å². The maximum atomic E-state index is 12.8. The van der Waals surface area contributed by atoms with Crippen LogP contribution in [0.3, 0.4) is 0 Å². The van der Waals surface area contributed by atoms with Crippen LogP contribution in [0.4, 0.5) is 0 Å². The van der Waals surface area contributed by atoms with Crippen molar-refractivity contribution in [3.63, 3.8) is 0 Å². The summed E-state index contributed by atoms with van der Waals surface area (Å²) in [5, 5.41) is 13.1. The zero-order valence-corrected chi connectivity index (χ0v) is 21.3. The molecule has 2 saturated carbocycles. The summed E-state index contributed by atoms with van der Waals surface area (Å²) in [5.41, 5.74) is 3.58. The van der Waals surface area contributed by atoms with Gasteiger partial charge in [0.25, 0.3) is 5.91 Å². The Morgan fingerprint density at radius 1 is 1.11 bits per heavy atom. The summed E-state index contributed by atoms with van der Waals surface area (Å²) in [6.07, 6.45) is 6.92. The lowest BCUT2D eigenvalue weighted by Crippen LogP contribution is -2.46. The Balaban J connectivity index is 1.29. The first-order valence-electron chi connectivity index (χ1n) is 13.3. The average molecular weight is 474 g/mol. The Labute approximate surface area is 209 Å². The highest BCUT2D eigenvalue weighted by Crippen LogP contribution is 2.61. The van der Waals surface area contributed by atoms with Gasteiger partial charge in [0.2, 0.25) is 0 Å². The average Bonchev–Trinajstić information content (AvgIpc) is 3.18. The lowest BCUT2D eigenvalue weighted by molar-refractivity contribution is -0.0439. The van der Waals surface area contributed by atoms with Crippen LogP contribution in [0.15, 0.2) is 60.9 Å². The summed E-state index contributed by atoms with van der Waals surface area (Å²) in [6.45, 7) is 10.9. The van der Waals surface area contributed by atoms with Crippen molar-refractivity contribution in [3.05, 3.63) is 77.6 Å². The molecule has 3 aliphatic rings. The molecule has 0 aromatic heterocycles. The highest BCUT2D eigenvalue weighted by atomic mass is 16.5. The monoisotopic (exact) mass is 473 g/mol. The third-order valence-corrected chi connectivity index (χ3v) is 9.25. The van der Waals surface area contributed by atoms with Crippen molar-refractivity contribution < 1.29 is 14.6 Å². The van der Waals surface area contributed by atoms with Crippen LogP contribution < -0.4 is 5.32 Å².